The number of carbonyl (C=O) groups is 2. The number of hydrogen-bond acceptors (Lipinski definition) is 3. The Morgan fingerprint density at radius 2 is 1.58 bits per heavy atom. The SMILES string of the molecule is CN(CC(=O)Nc1ccc(F)cc1)CC(=O)Nc1cccc(Br)c1. The molecule has 0 bridgehead atoms. The number of likely N-dealkylation sites (N-methyl/N-ethyl adjacent to an activating group) is 1. The Morgan fingerprint density at radius 1 is 1.00 bits per heavy atom. The highest BCUT2D eigenvalue weighted by molar-refractivity contribution is 9.10. The number of halogens is 2. The van der Waals surface area contributed by atoms with E-state index in [0.29, 0.717) is 11.4 Å². The third-order valence-electron chi connectivity index (χ3n) is 3.06. The molecule has 2 N–H and O–H groups in total. The summed E-state index contributed by atoms with van der Waals surface area (Å²) in [5.41, 5.74) is 1.19. The van der Waals surface area contributed by atoms with E-state index in [1.807, 2.05) is 12.1 Å². The Morgan fingerprint density at radius 3 is 2.17 bits per heavy atom. The van der Waals surface area contributed by atoms with E-state index in [4.69, 9.17) is 0 Å². The van der Waals surface area contributed by atoms with Gasteiger partial charge in [0.25, 0.3) is 0 Å². The van der Waals surface area contributed by atoms with E-state index >= 15 is 0 Å². The van der Waals surface area contributed by atoms with Crippen LogP contribution >= 0.6 is 15.9 Å². The fourth-order valence-corrected chi connectivity index (χ4v) is 2.45. The number of amides is 2. The number of nitrogens with one attached hydrogen (secondary N) is 2. The Bertz CT molecular complexity index is 722. The van der Waals surface area contributed by atoms with Gasteiger partial charge in [-0.05, 0) is 49.5 Å². The van der Waals surface area contributed by atoms with Crippen molar-refractivity contribution in [1.82, 2.24) is 4.90 Å². The zero-order valence-corrected chi connectivity index (χ0v) is 14.6. The van der Waals surface area contributed by atoms with Crippen LogP contribution in [0.2, 0.25) is 0 Å². The Labute approximate surface area is 148 Å². The number of rotatable bonds is 6. The molecule has 0 aromatic heterocycles. The van der Waals surface area contributed by atoms with E-state index in [1.165, 1.54) is 24.3 Å². The van der Waals surface area contributed by atoms with Crippen molar-refractivity contribution in [2.45, 2.75) is 0 Å². The van der Waals surface area contributed by atoms with Crippen LogP contribution in [-0.2, 0) is 9.59 Å². The predicted molar refractivity (Wildman–Crippen MR) is 95.3 cm³/mol. The van der Waals surface area contributed by atoms with E-state index in [1.54, 1.807) is 24.1 Å². The van der Waals surface area contributed by atoms with Crippen LogP contribution in [0, 0.1) is 5.82 Å². The average Bonchev–Trinajstić information content (AvgIpc) is 2.49. The molecule has 5 nitrogen and oxygen atoms in total. The third-order valence-corrected chi connectivity index (χ3v) is 3.56. The van der Waals surface area contributed by atoms with Gasteiger partial charge in [0, 0.05) is 15.8 Å². The first kappa shape index (κ1) is 18.1. The molecule has 0 heterocycles. The first-order chi connectivity index (χ1) is 11.4. The highest BCUT2D eigenvalue weighted by Crippen LogP contribution is 2.15. The van der Waals surface area contributed by atoms with Crippen LogP contribution in [0.3, 0.4) is 0 Å². The fourth-order valence-electron chi connectivity index (χ4n) is 2.05. The summed E-state index contributed by atoms with van der Waals surface area (Å²) in [4.78, 5) is 25.5. The fraction of sp³-hybridized carbons (Fsp3) is 0.176. The van der Waals surface area contributed by atoms with Crippen LogP contribution in [0.1, 0.15) is 0 Å². The molecule has 2 amide bonds. The van der Waals surface area contributed by atoms with Crippen molar-refractivity contribution in [3.8, 4) is 0 Å². The van der Waals surface area contributed by atoms with Gasteiger partial charge in [-0.25, -0.2) is 4.39 Å². The van der Waals surface area contributed by atoms with Gasteiger partial charge < -0.3 is 10.6 Å². The van der Waals surface area contributed by atoms with Gasteiger partial charge in [-0.2, -0.15) is 0 Å². The molecule has 2 aromatic carbocycles. The van der Waals surface area contributed by atoms with Gasteiger partial charge in [0.05, 0.1) is 13.1 Å². The van der Waals surface area contributed by atoms with Gasteiger partial charge in [-0.15, -0.1) is 0 Å². The molecule has 24 heavy (non-hydrogen) atoms. The third kappa shape index (κ3) is 6.10. The molecule has 0 aliphatic carbocycles. The van der Waals surface area contributed by atoms with Crippen molar-refractivity contribution in [3.05, 3.63) is 58.8 Å². The van der Waals surface area contributed by atoms with Crippen molar-refractivity contribution in [3.63, 3.8) is 0 Å². The maximum absolute atomic E-state index is 12.8. The monoisotopic (exact) mass is 393 g/mol. The summed E-state index contributed by atoms with van der Waals surface area (Å²) in [6.45, 7) is 0.118. The number of hydrogen-bond donors (Lipinski definition) is 2. The van der Waals surface area contributed by atoms with Crippen LogP contribution in [0.4, 0.5) is 15.8 Å². The highest BCUT2D eigenvalue weighted by Gasteiger charge is 2.11. The molecular formula is C17H17BrFN3O2. The largest absolute Gasteiger partial charge is 0.325 e. The van der Waals surface area contributed by atoms with Gasteiger partial charge in [0.1, 0.15) is 5.82 Å². The summed E-state index contributed by atoms with van der Waals surface area (Å²) < 4.78 is 13.7. The molecule has 0 aliphatic heterocycles. The maximum Gasteiger partial charge on any atom is 0.238 e. The second-order valence-electron chi connectivity index (χ2n) is 5.29. The lowest BCUT2D eigenvalue weighted by atomic mass is 10.3. The van der Waals surface area contributed by atoms with Gasteiger partial charge >= 0.3 is 0 Å². The first-order valence-electron chi connectivity index (χ1n) is 7.22. The van der Waals surface area contributed by atoms with Crippen LogP contribution in [-0.4, -0.2) is 36.9 Å². The molecule has 0 spiro atoms. The van der Waals surface area contributed by atoms with Crippen molar-refractivity contribution in [2.75, 3.05) is 30.8 Å². The standard InChI is InChI=1S/C17H17BrFN3O2/c1-22(10-16(23)20-14-7-5-13(19)6-8-14)11-17(24)21-15-4-2-3-12(18)9-15/h2-9H,10-11H2,1H3,(H,20,23)(H,21,24). The molecule has 0 radical (unpaired) electrons. The lowest BCUT2D eigenvalue weighted by Crippen LogP contribution is -2.36. The molecule has 2 aromatic rings. The minimum Gasteiger partial charge on any atom is -0.325 e. The molecule has 0 saturated carbocycles. The molecule has 0 unspecified atom stereocenters. The van der Waals surface area contributed by atoms with E-state index < -0.39 is 0 Å². The van der Waals surface area contributed by atoms with Gasteiger partial charge in [0.2, 0.25) is 11.8 Å². The molecule has 126 valence electrons. The summed E-state index contributed by atoms with van der Waals surface area (Å²) in [5.74, 6) is -0.862. The highest BCUT2D eigenvalue weighted by atomic mass is 79.9. The zero-order chi connectivity index (χ0) is 17.5. The van der Waals surface area contributed by atoms with Crippen LogP contribution in [0.5, 0.6) is 0 Å². The number of nitrogens with zero attached hydrogens (tertiary/aromatic N) is 1. The van der Waals surface area contributed by atoms with Gasteiger partial charge in [-0.1, -0.05) is 22.0 Å². The van der Waals surface area contributed by atoms with Gasteiger partial charge in [0.15, 0.2) is 0 Å². The normalized spacial score (nSPS) is 10.5. The number of benzene rings is 2. The van der Waals surface area contributed by atoms with Crippen molar-refractivity contribution in [1.29, 1.82) is 0 Å². The minimum atomic E-state index is -0.366. The molecule has 0 atom stereocenters. The van der Waals surface area contributed by atoms with E-state index in [2.05, 4.69) is 26.6 Å². The van der Waals surface area contributed by atoms with Crippen LogP contribution in [0.15, 0.2) is 53.0 Å². The van der Waals surface area contributed by atoms with Gasteiger partial charge in [-0.3, -0.25) is 14.5 Å². The topological polar surface area (TPSA) is 61.4 Å². The van der Waals surface area contributed by atoms with Crippen molar-refractivity contribution >= 4 is 39.1 Å². The van der Waals surface area contributed by atoms with E-state index in [-0.39, 0.29) is 30.7 Å². The zero-order valence-electron chi connectivity index (χ0n) is 13.1. The number of carbonyl (C=O) groups excluding carboxylic acids is 2. The summed E-state index contributed by atoms with van der Waals surface area (Å²) in [7, 11) is 1.67. The Hall–Kier alpha value is -2.25. The molecule has 0 fully saturated rings. The van der Waals surface area contributed by atoms with E-state index in [0.717, 1.165) is 4.47 Å². The maximum atomic E-state index is 12.8. The minimum absolute atomic E-state index is 0.0449. The molecular weight excluding hydrogens is 377 g/mol. The second-order valence-corrected chi connectivity index (χ2v) is 6.20. The average molecular weight is 394 g/mol. The van der Waals surface area contributed by atoms with E-state index in [9.17, 15) is 14.0 Å². The van der Waals surface area contributed by atoms with Crippen molar-refractivity contribution < 1.29 is 14.0 Å². The predicted octanol–water partition coefficient (Wildman–Crippen LogP) is 3.10. The second kappa shape index (κ2) is 8.56. The summed E-state index contributed by atoms with van der Waals surface area (Å²) in [6, 6.07) is 12.8. The molecule has 2 rings (SSSR count). The molecule has 0 saturated heterocycles. The first-order valence-corrected chi connectivity index (χ1v) is 8.01. The number of anilines is 2. The quantitative estimate of drug-likeness (QED) is 0.792. The van der Waals surface area contributed by atoms with Crippen molar-refractivity contribution in [2.24, 2.45) is 0 Å². The van der Waals surface area contributed by atoms with Crippen LogP contribution in [0.25, 0.3) is 0 Å². The summed E-state index contributed by atoms with van der Waals surface area (Å²) in [6.07, 6.45) is 0. The summed E-state index contributed by atoms with van der Waals surface area (Å²) >= 11 is 3.33. The molecule has 0 aliphatic rings. The van der Waals surface area contributed by atoms with Crippen LogP contribution < -0.4 is 10.6 Å². The summed E-state index contributed by atoms with van der Waals surface area (Å²) in [5, 5.41) is 5.40. The lowest BCUT2D eigenvalue weighted by molar-refractivity contribution is -0.119. The Balaban J connectivity index is 1.79. The Kier molecular flexibility index (Phi) is 6.45. The molecule has 7 heteroatoms. The lowest BCUT2D eigenvalue weighted by Gasteiger charge is -2.16. The smallest absolute Gasteiger partial charge is 0.238 e.